The maximum Gasteiger partial charge on any atom is 0.277 e. The van der Waals surface area contributed by atoms with Gasteiger partial charge < -0.3 is 20.2 Å². The number of amidine groups is 1. The number of amides is 1. The van der Waals surface area contributed by atoms with E-state index in [0.29, 0.717) is 37.0 Å². The first-order valence-corrected chi connectivity index (χ1v) is 8.67. The van der Waals surface area contributed by atoms with Gasteiger partial charge in [0.25, 0.3) is 5.91 Å². The van der Waals surface area contributed by atoms with Crippen molar-refractivity contribution in [2.24, 2.45) is 10.7 Å². The molecule has 0 radical (unpaired) electrons. The summed E-state index contributed by atoms with van der Waals surface area (Å²) in [5.74, 6) is 0.645. The Kier molecular flexibility index (Phi) is 4.91. The number of oxazole rings is 1. The lowest BCUT2D eigenvalue weighted by Gasteiger charge is -2.30. The van der Waals surface area contributed by atoms with E-state index < -0.39 is 5.54 Å². The third kappa shape index (κ3) is 3.91. The van der Waals surface area contributed by atoms with Crippen LogP contribution >= 0.6 is 15.9 Å². The van der Waals surface area contributed by atoms with Crippen LogP contribution in [-0.4, -0.2) is 29.9 Å². The average Bonchev–Trinajstić information content (AvgIpc) is 3.03. The molecule has 0 saturated heterocycles. The van der Waals surface area contributed by atoms with Crippen molar-refractivity contribution in [3.05, 3.63) is 46.1 Å². The first-order valence-electron chi connectivity index (χ1n) is 7.88. The monoisotopic (exact) mass is 406 g/mol. The van der Waals surface area contributed by atoms with Gasteiger partial charge >= 0.3 is 0 Å². The molecule has 0 bridgehead atoms. The second kappa shape index (κ2) is 6.97. The predicted molar refractivity (Wildman–Crippen MR) is 97.8 cm³/mol. The largest absolute Gasteiger partial charge is 0.448 e. The van der Waals surface area contributed by atoms with Gasteiger partial charge in [-0.3, -0.25) is 9.79 Å². The predicted octanol–water partition coefficient (Wildman–Crippen LogP) is 2.85. The number of rotatable bonds is 4. The van der Waals surface area contributed by atoms with Gasteiger partial charge in [-0.05, 0) is 30.7 Å². The van der Waals surface area contributed by atoms with Crippen LogP contribution in [0.5, 0.6) is 0 Å². The summed E-state index contributed by atoms with van der Waals surface area (Å²) in [6.45, 7) is 4.60. The van der Waals surface area contributed by atoms with E-state index in [1.165, 1.54) is 6.26 Å². The number of nitrogens with one attached hydrogen (secondary N) is 1. The van der Waals surface area contributed by atoms with Gasteiger partial charge in [-0.1, -0.05) is 22.9 Å². The van der Waals surface area contributed by atoms with E-state index in [1.807, 2.05) is 32.0 Å². The number of aromatic nitrogens is 1. The Bertz CT molecular complexity index is 833. The van der Waals surface area contributed by atoms with E-state index in [1.54, 1.807) is 0 Å². The zero-order valence-electron chi connectivity index (χ0n) is 14.0. The van der Waals surface area contributed by atoms with Crippen molar-refractivity contribution < 1.29 is 13.9 Å². The molecule has 2 aromatic rings. The quantitative estimate of drug-likeness (QED) is 0.812. The number of aliphatic imine (C=N–C) groups is 1. The summed E-state index contributed by atoms with van der Waals surface area (Å²) >= 11 is 3.47. The summed E-state index contributed by atoms with van der Waals surface area (Å²) in [7, 11) is 0. The van der Waals surface area contributed by atoms with Crippen molar-refractivity contribution in [2.45, 2.75) is 25.8 Å². The lowest BCUT2D eigenvalue weighted by Crippen LogP contribution is -2.37. The number of aryl methyl sites for hydroxylation is 1. The van der Waals surface area contributed by atoms with Crippen molar-refractivity contribution in [2.75, 3.05) is 18.5 Å². The maximum atomic E-state index is 12.4. The standard InChI is InChI=1S/C17H19BrN4O3/c1-3-15-21-13(7-25-15)16(23)20-12-5-10(4-11(18)6-12)17(2)9-24-8-14(19)22-17/h4-7H,3,8-9H2,1-2H3,(H2,19,22)(H,20,23). The Balaban J connectivity index is 1.87. The van der Waals surface area contributed by atoms with Gasteiger partial charge in [0.05, 0.1) is 6.61 Å². The van der Waals surface area contributed by atoms with E-state index >= 15 is 0 Å². The Labute approximate surface area is 153 Å². The SMILES string of the molecule is CCc1nc(C(=O)Nc2cc(Br)cc(C3(C)COCC(N)=N3)c2)co1. The topological polar surface area (TPSA) is 103 Å². The van der Waals surface area contributed by atoms with E-state index in [4.69, 9.17) is 14.9 Å². The van der Waals surface area contributed by atoms with Gasteiger partial charge in [0.15, 0.2) is 11.6 Å². The minimum atomic E-state index is -0.602. The fraction of sp³-hybridized carbons (Fsp3) is 0.353. The van der Waals surface area contributed by atoms with Crippen LogP contribution in [-0.2, 0) is 16.7 Å². The molecule has 0 fully saturated rings. The van der Waals surface area contributed by atoms with Crippen LogP contribution in [0.1, 0.15) is 35.8 Å². The second-order valence-electron chi connectivity index (χ2n) is 6.03. The molecule has 3 rings (SSSR count). The van der Waals surface area contributed by atoms with Crippen LogP contribution in [0.3, 0.4) is 0 Å². The molecule has 1 unspecified atom stereocenters. The fourth-order valence-electron chi connectivity index (χ4n) is 2.63. The molecule has 0 saturated carbocycles. The van der Waals surface area contributed by atoms with Crippen LogP contribution in [0.15, 0.2) is 38.3 Å². The summed E-state index contributed by atoms with van der Waals surface area (Å²) in [4.78, 5) is 21.0. The lowest BCUT2D eigenvalue weighted by atomic mass is 9.92. The highest BCUT2D eigenvalue weighted by Gasteiger charge is 2.30. The van der Waals surface area contributed by atoms with Gasteiger partial charge in [0, 0.05) is 16.6 Å². The third-order valence-corrected chi connectivity index (χ3v) is 4.35. The number of anilines is 1. The van der Waals surface area contributed by atoms with Crippen LogP contribution in [0, 0.1) is 0 Å². The number of nitrogens with zero attached hydrogens (tertiary/aromatic N) is 2. The lowest BCUT2D eigenvalue weighted by molar-refractivity contribution is 0.102. The highest BCUT2D eigenvalue weighted by atomic mass is 79.9. The third-order valence-electron chi connectivity index (χ3n) is 3.89. The van der Waals surface area contributed by atoms with Crippen LogP contribution in [0.2, 0.25) is 0 Å². The molecule has 132 valence electrons. The molecule has 3 N–H and O–H groups in total. The number of hydrogen-bond donors (Lipinski definition) is 2. The number of carbonyl (C=O) groups is 1. The first-order chi connectivity index (χ1) is 11.9. The molecule has 25 heavy (non-hydrogen) atoms. The van der Waals surface area contributed by atoms with Crippen molar-refractivity contribution in [3.63, 3.8) is 0 Å². The number of ether oxygens (including phenoxy) is 1. The molecule has 1 aromatic heterocycles. The van der Waals surface area contributed by atoms with Gasteiger partial charge in [-0.2, -0.15) is 0 Å². The molecule has 2 heterocycles. The molecule has 1 aromatic carbocycles. The normalized spacial score (nSPS) is 20.2. The van der Waals surface area contributed by atoms with E-state index in [0.717, 1.165) is 10.0 Å². The molecule has 1 atom stereocenters. The molecule has 7 nitrogen and oxygen atoms in total. The van der Waals surface area contributed by atoms with Gasteiger partial charge in [0.2, 0.25) is 0 Å². The molecule has 1 amide bonds. The van der Waals surface area contributed by atoms with Gasteiger partial charge in [-0.25, -0.2) is 4.98 Å². The number of carbonyl (C=O) groups excluding carboxylic acids is 1. The summed E-state index contributed by atoms with van der Waals surface area (Å²) < 4.78 is 11.5. The van der Waals surface area contributed by atoms with Gasteiger partial charge in [0.1, 0.15) is 24.2 Å². The number of hydrogen-bond acceptors (Lipinski definition) is 6. The highest BCUT2D eigenvalue weighted by Crippen LogP contribution is 2.32. The Morgan fingerprint density at radius 1 is 1.44 bits per heavy atom. The highest BCUT2D eigenvalue weighted by molar-refractivity contribution is 9.10. The van der Waals surface area contributed by atoms with Crippen LogP contribution < -0.4 is 11.1 Å². The van der Waals surface area contributed by atoms with Crippen molar-refractivity contribution in [1.29, 1.82) is 0 Å². The molecule has 0 aliphatic carbocycles. The molecule has 1 aliphatic rings. The number of benzene rings is 1. The average molecular weight is 407 g/mol. The Hall–Kier alpha value is -2.19. The van der Waals surface area contributed by atoms with Crippen LogP contribution in [0.4, 0.5) is 5.69 Å². The molecule has 1 aliphatic heterocycles. The smallest absolute Gasteiger partial charge is 0.277 e. The zero-order valence-corrected chi connectivity index (χ0v) is 15.6. The maximum absolute atomic E-state index is 12.4. The minimum absolute atomic E-state index is 0.243. The second-order valence-corrected chi connectivity index (χ2v) is 6.95. The molecular formula is C17H19BrN4O3. The van der Waals surface area contributed by atoms with E-state index in [9.17, 15) is 4.79 Å². The number of halogens is 1. The summed E-state index contributed by atoms with van der Waals surface area (Å²) in [6.07, 6.45) is 1.99. The number of nitrogens with two attached hydrogens (primary N) is 1. The molecule has 0 spiro atoms. The Morgan fingerprint density at radius 2 is 2.24 bits per heavy atom. The molecular weight excluding hydrogens is 388 g/mol. The zero-order chi connectivity index (χ0) is 18.0. The Morgan fingerprint density at radius 3 is 2.92 bits per heavy atom. The summed E-state index contributed by atoms with van der Waals surface area (Å²) in [5, 5.41) is 2.83. The summed E-state index contributed by atoms with van der Waals surface area (Å²) in [6, 6.07) is 5.60. The minimum Gasteiger partial charge on any atom is -0.448 e. The van der Waals surface area contributed by atoms with Gasteiger partial charge in [-0.15, -0.1) is 0 Å². The van der Waals surface area contributed by atoms with Crippen molar-refractivity contribution >= 4 is 33.4 Å². The summed E-state index contributed by atoms with van der Waals surface area (Å²) in [5.41, 5.74) is 6.97. The molecule has 8 heteroatoms. The van der Waals surface area contributed by atoms with E-state index in [-0.39, 0.29) is 11.6 Å². The fourth-order valence-corrected chi connectivity index (χ4v) is 3.12. The van der Waals surface area contributed by atoms with E-state index in [2.05, 4.69) is 31.2 Å². The van der Waals surface area contributed by atoms with Crippen molar-refractivity contribution in [1.82, 2.24) is 4.98 Å². The first kappa shape index (κ1) is 17.6. The van der Waals surface area contributed by atoms with Crippen LogP contribution in [0.25, 0.3) is 0 Å². The van der Waals surface area contributed by atoms with Crippen molar-refractivity contribution in [3.8, 4) is 0 Å².